The molecule has 1 aliphatic heterocycles. The van der Waals surface area contributed by atoms with Gasteiger partial charge in [0.05, 0.1) is 16.6 Å². The van der Waals surface area contributed by atoms with Gasteiger partial charge in [0.25, 0.3) is 0 Å². The van der Waals surface area contributed by atoms with Gasteiger partial charge in [-0.2, -0.15) is 0 Å². The molecule has 0 radical (unpaired) electrons. The Bertz CT molecular complexity index is 1390. The zero-order chi connectivity index (χ0) is 28.2. The highest BCUT2D eigenvalue weighted by molar-refractivity contribution is 6.06. The second-order valence-electron chi connectivity index (χ2n) is 10.4. The molecule has 204 valence electrons. The first-order valence-electron chi connectivity index (χ1n) is 12.9. The molecule has 0 saturated heterocycles. The standard InChI is InChI=1S/C24H29N5O2.C6H4F2/c1-5-27-23(2,3)22(31)29(4)11-7-8-18-12-16-13-24(14-17(16)15-26-18)19-9-6-10-25-20(19)28-21(24)30;7-5-2-1-3-6(8)4-5/h6-10,12,15,27H,5,11,13-14H2,1-4H3,(H,25,28,30);1-4H/b8-7+;. The summed E-state index contributed by atoms with van der Waals surface area (Å²) >= 11 is 0. The summed E-state index contributed by atoms with van der Waals surface area (Å²) in [6.07, 6.45) is 8.73. The van der Waals surface area contributed by atoms with Gasteiger partial charge in [0.15, 0.2) is 0 Å². The Morgan fingerprint density at radius 3 is 2.51 bits per heavy atom. The molecule has 0 saturated carbocycles. The molecule has 7 nitrogen and oxygen atoms in total. The van der Waals surface area contributed by atoms with Crippen molar-refractivity contribution in [3.8, 4) is 0 Å². The van der Waals surface area contributed by atoms with Crippen molar-refractivity contribution >= 4 is 23.7 Å². The van der Waals surface area contributed by atoms with E-state index in [-0.39, 0.29) is 11.8 Å². The Kier molecular flexibility index (Phi) is 8.20. The number of hydrogen-bond acceptors (Lipinski definition) is 5. The van der Waals surface area contributed by atoms with E-state index in [4.69, 9.17) is 0 Å². The summed E-state index contributed by atoms with van der Waals surface area (Å²) in [6, 6.07) is 10.5. The van der Waals surface area contributed by atoms with Crippen LogP contribution < -0.4 is 10.6 Å². The second-order valence-corrected chi connectivity index (χ2v) is 10.4. The molecule has 39 heavy (non-hydrogen) atoms. The number of likely N-dealkylation sites (N-methyl/N-ethyl adjacent to an activating group) is 2. The van der Waals surface area contributed by atoms with E-state index in [1.807, 2.05) is 57.3 Å². The summed E-state index contributed by atoms with van der Waals surface area (Å²) in [5.74, 6) is -0.350. The van der Waals surface area contributed by atoms with Gasteiger partial charge in [-0.3, -0.25) is 14.6 Å². The fourth-order valence-electron chi connectivity index (χ4n) is 5.13. The number of fused-ring (bicyclic) bond motifs is 3. The van der Waals surface area contributed by atoms with E-state index in [0.29, 0.717) is 25.2 Å². The minimum Gasteiger partial charge on any atom is -0.340 e. The average Bonchev–Trinajstić information content (AvgIpc) is 3.40. The molecule has 1 spiro atoms. The number of amides is 2. The van der Waals surface area contributed by atoms with Gasteiger partial charge in [0.1, 0.15) is 17.5 Å². The highest BCUT2D eigenvalue weighted by atomic mass is 19.1. The molecule has 5 rings (SSSR count). The van der Waals surface area contributed by atoms with Crippen molar-refractivity contribution in [3.05, 3.63) is 95.0 Å². The van der Waals surface area contributed by atoms with Crippen LogP contribution in [0.25, 0.3) is 6.08 Å². The monoisotopic (exact) mass is 533 g/mol. The molecule has 1 aliphatic carbocycles. The van der Waals surface area contributed by atoms with E-state index in [9.17, 15) is 18.4 Å². The van der Waals surface area contributed by atoms with Gasteiger partial charge in [-0.25, -0.2) is 13.8 Å². The third kappa shape index (κ3) is 6.04. The lowest BCUT2D eigenvalue weighted by molar-refractivity contribution is -0.135. The molecule has 2 N–H and O–H groups in total. The molecule has 1 aromatic carbocycles. The number of carbonyl (C=O) groups excluding carboxylic acids is 2. The van der Waals surface area contributed by atoms with Crippen molar-refractivity contribution in [2.75, 3.05) is 25.5 Å². The topological polar surface area (TPSA) is 87.2 Å². The molecular formula is C30H33F2N5O2. The minimum atomic E-state index is -0.593. The smallest absolute Gasteiger partial charge is 0.242 e. The second kappa shape index (κ2) is 11.4. The maximum absolute atomic E-state index is 12.8. The van der Waals surface area contributed by atoms with Crippen LogP contribution in [0.1, 0.15) is 43.2 Å². The summed E-state index contributed by atoms with van der Waals surface area (Å²) in [5, 5.41) is 6.14. The molecule has 2 aromatic heterocycles. The number of aromatic nitrogens is 2. The zero-order valence-corrected chi connectivity index (χ0v) is 22.6. The highest BCUT2D eigenvalue weighted by Gasteiger charge is 2.51. The number of pyridine rings is 2. The van der Waals surface area contributed by atoms with Crippen LogP contribution >= 0.6 is 0 Å². The van der Waals surface area contributed by atoms with Gasteiger partial charge in [0, 0.05) is 37.6 Å². The maximum atomic E-state index is 12.8. The molecular weight excluding hydrogens is 500 g/mol. The third-order valence-electron chi connectivity index (χ3n) is 7.03. The molecule has 3 aromatic rings. The molecule has 3 heterocycles. The van der Waals surface area contributed by atoms with Crippen LogP contribution in [-0.4, -0.2) is 52.4 Å². The van der Waals surface area contributed by atoms with Crippen LogP contribution in [0.2, 0.25) is 0 Å². The number of anilines is 1. The third-order valence-corrected chi connectivity index (χ3v) is 7.03. The SMILES string of the molecule is CCNC(C)(C)C(=O)N(C)C/C=C/c1cc2c(cn1)CC1(C2)C(=O)Nc2ncccc21.Fc1cccc(F)c1. The van der Waals surface area contributed by atoms with Crippen molar-refractivity contribution in [1.82, 2.24) is 20.2 Å². The Balaban J connectivity index is 0.000000379. The van der Waals surface area contributed by atoms with E-state index in [1.165, 1.54) is 18.2 Å². The van der Waals surface area contributed by atoms with Crippen molar-refractivity contribution in [2.24, 2.45) is 0 Å². The van der Waals surface area contributed by atoms with E-state index in [0.717, 1.165) is 35.0 Å². The lowest BCUT2D eigenvalue weighted by Crippen LogP contribution is -2.53. The van der Waals surface area contributed by atoms with Crippen LogP contribution in [0.15, 0.2) is 60.9 Å². The molecule has 0 bridgehead atoms. The molecule has 2 amide bonds. The van der Waals surface area contributed by atoms with E-state index < -0.39 is 22.6 Å². The van der Waals surface area contributed by atoms with Gasteiger partial charge in [-0.1, -0.05) is 25.1 Å². The number of halogens is 2. The summed E-state index contributed by atoms with van der Waals surface area (Å²) in [6.45, 7) is 7.01. The lowest BCUT2D eigenvalue weighted by atomic mass is 9.79. The van der Waals surface area contributed by atoms with Crippen molar-refractivity contribution in [3.63, 3.8) is 0 Å². The highest BCUT2D eigenvalue weighted by Crippen LogP contribution is 2.46. The number of rotatable bonds is 6. The predicted molar refractivity (Wildman–Crippen MR) is 147 cm³/mol. The largest absolute Gasteiger partial charge is 0.340 e. The van der Waals surface area contributed by atoms with Gasteiger partial charge in [0.2, 0.25) is 11.8 Å². The lowest BCUT2D eigenvalue weighted by Gasteiger charge is -2.29. The summed E-state index contributed by atoms with van der Waals surface area (Å²) < 4.78 is 23.9. The van der Waals surface area contributed by atoms with Gasteiger partial charge >= 0.3 is 0 Å². The minimum absolute atomic E-state index is 0.0120. The van der Waals surface area contributed by atoms with Crippen molar-refractivity contribution in [2.45, 2.75) is 44.6 Å². The van der Waals surface area contributed by atoms with Crippen LogP contribution in [0, 0.1) is 11.6 Å². The number of hydrogen-bond donors (Lipinski definition) is 2. The fourth-order valence-corrected chi connectivity index (χ4v) is 5.13. The van der Waals surface area contributed by atoms with Gasteiger partial charge in [-0.05, 0) is 74.7 Å². The molecule has 2 aliphatic rings. The van der Waals surface area contributed by atoms with Gasteiger partial charge < -0.3 is 15.5 Å². The van der Waals surface area contributed by atoms with Crippen LogP contribution in [-0.2, 0) is 27.8 Å². The summed E-state index contributed by atoms with van der Waals surface area (Å²) in [4.78, 5) is 36.0. The molecule has 1 unspecified atom stereocenters. The van der Waals surface area contributed by atoms with Crippen LogP contribution in [0.5, 0.6) is 0 Å². The average molecular weight is 534 g/mol. The number of nitrogens with one attached hydrogen (secondary N) is 2. The van der Waals surface area contributed by atoms with E-state index in [1.54, 1.807) is 18.1 Å². The number of nitrogens with zero attached hydrogens (tertiary/aromatic N) is 3. The first-order valence-corrected chi connectivity index (χ1v) is 12.9. The van der Waals surface area contributed by atoms with E-state index in [2.05, 4.69) is 20.6 Å². The van der Waals surface area contributed by atoms with Crippen molar-refractivity contribution < 1.29 is 18.4 Å². The van der Waals surface area contributed by atoms with Crippen LogP contribution in [0.4, 0.5) is 14.6 Å². The number of benzene rings is 1. The Morgan fingerprint density at radius 1 is 1.13 bits per heavy atom. The Labute approximate surface area is 227 Å². The Morgan fingerprint density at radius 2 is 1.85 bits per heavy atom. The van der Waals surface area contributed by atoms with Crippen LogP contribution in [0.3, 0.4) is 0 Å². The Hall–Kier alpha value is -3.98. The normalized spacial score (nSPS) is 17.4. The predicted octanol–water partition coefficient (Wildman–Crippen LogP) is 4.29. The fraction of sp³-hybridized carbons (Fsp3) is 0.333. The summed E-state index contributed by atoms with van der Waals surface area (Å²) in [5.41, 5.74) is 2.86. The first-order chi connectivity index (χ1) is 18.6. The molecule has 1 atom stereocenters. The maximum Gasteiger partial charge on any atom is 0.242 e. The zero-order valence-electron chi connectivity index (χ0n) is 22.6. The van der Waals surface area contributed by atoms with Crippen molar-refractivity contribution in [1.29, 1.82) is 0 Å². The number of carbonyl (C=O) groups is 2. The van der Waals surface area contributed by atoms with E-state index >= 15 is 0 Å². The molecule has 9 heteroatoms. The first kappa shape index (κ1) is 28.0. The summed E-state index contributed by atoms with van der Waals surface area (Å²) in [7, 11) is 1.80. The molecule has 0 fully saturated rings. The quantitative estimate of drug-likeness (QED) is 0.494. The van der Waals surface area contributed by atoms with Gasteiger partial charge in [-0.15, -0.1) is 0 Å².